The SMILES string of the molecule is CC(C)Cc1nc2oc3c(N4CCNCC4)ncnc3c2c2c1COC(C)(C)C2. The Morgan fingerprint density at radius 3 is 2.72 bits per heavy atom. The van der Waals surface area contributed by atoms with Crippen LogP contribution in [0.4, 0.5) is 5.82 Å². The molecule has 3 aromatic heterocycles. The fraction of sp³-hybridized carbons (Fsp3) is 0.591. The van der Waals surface area contributed by atoms with Gasteiger partial charge in [-0.05, 0) is 31.7 Å². The molecule has 0 amide bonds. The van der Waals surface area contributed by atoms with E-state index >= 15 is 0 Å². The van der Waals surface area contributed by atoms with Crippen molar-refractivity contribution in [2.45, 2.75) is 52.7 Å². The van der Waals surface area contributed by atoms with Gasteiger partial charge in [0.15, 0.2) is 11.4 Å². The zero-order chi connectivity index (χ0) is 20.2. The highest BCUT2D eigenvalue weighted by Crippen LogP contribution is 2.40. The number of aromatic nitrogens is 3. The summed E-state index contributed by atoms with van der Waals surface area (Å²) < 4.78 is 12.5. The molecule has 7 heteroatoms. The van der Waals surface area contributed by atoms with Crippen LogP contribution in [0.2, 0.25) is 0 Å². The van der Waals surface area contributed by atoms with Crippen molar-refractivity contribution in [2.75, 3.05) is 31.1 Å². The smallest absolute Gasteiger partial charge is 0.229 e. The third-order valence-corrected chi connectivity index (χ3v) is 5.91. The van der Waals surface area contributed by atoms with E-state index in [2.05, 4.69) is 47.9 Å². The Morgan fingerprint density at radius 1 is 1.17 bits per heavy atom. The summed E-state index contributed by atoms with van der Waals surface area (Å²) in [6.07, 6.45) is 3.40. The maximum absolute atomic E-state index is 6.35. The predicted octanol–water partition coefficient (Wildman–Crippen LogP) is 3.23. The van der Waals surface area contributed by atoms with Crippen LogP contribution in [0.3, 0.4) is 0 Å². The Labute approximate surface area is 170 Å². The molecule has 7 nitrogen and oxygen atoms in total. The van der Waals surface area contributed by atoms with Gasteiger partial charge in [-0.15, -0.1) is 0 Å². The van der Waals surface area contributed by atoms with Crippen LogP contribution in [0.5, 0.6) is 0 Å². The van der Waals surface area contributed by atoms with Gasteiger partial charge in [-0.2, -0.15) is 0 Å². The van der Waals surface area contributed by atoms with Gasteiger partial charge in [0.1, 0.15) is 11.8 Å². The summed E-state index contributed by atoms with van der Waals surface area (Å²) in [5, 5.41) is 4.43. The average Bonchev–Trinajstić information content (AvgIpc) is 3.06. The first-order chi connectivity index (χ1) is 13.9. The molecule has 0 aliphatic carbocycles. The zero-order valence-corrected chi connectivity index (χ0v) is 17.7. The number of fused-ring (bicyclic) bond motifs is 5. The normalized spacial score (nSPS) is 19.3. The molecule has 0 spiro atoms. The van der Waals surface area contributed by atoms with Crippen LogP contribution in [-0.2, 0) is 24.2 Å². The Morgan fingerprint density at radius 2 is 1.97 bits per heavy atom. The second-order valence-corrected chi connectivity index (χ2v) is 9.23. The van der Waals surface area contributed by atoms with E-state index in [0.29, 0.717) is 18.2 Å². The summed E-state index contributed by atoms with van der Waals surface area (Å²) in [7, 11) is 0. The van der Waals surface area contributed by atoms with Crippen LogP contribution in [0, 0.1) is 5.92 Å². The first kappa shape index (κ1) is 18.8. The second kappa shape index (κ2) is 6.92. The molecule has 2 aliphatic heterocycles. The van der Waals surface area contributed by atoms with Crippen molar-refractivity contribution in [1.29, 1.82) is 0 Å². The summed E-state index contributed by atoms with van der Waals surface area (Å²) in [5.41, 5.74) is 5.69. The number of pyridine rings is 1. The fourth-order valence-corrected chi connectivity index (χ4v) is 4.52. The summed E-state index contributed by atoms with van der Waals surface area (Å²) >= 11 is 0. The van der Waals surface area contributed by atoms with Crippen molar-refractivity contribution >= 4 is 28.0 Å². The summed E-state index contributed by atoms with van der Waals surface area (Å²) in [4.78, 5) is 16.5. The van der Waals surface area contributed by atoms with E-state index in [1.54, 1.807) is 6.33 Å². The number of rotatable bonds is 3. The van der Waals surface area contributed by atoms with Crippen molar-refractivity contribution in [3.63, 3.8) is 0 Å². The van der Waals surface area contributed by atoms with Gasteiger partial charge in [-0.3, -0.25) is 0 Å². The molecule has 0 saturated carbocycles. The average molecular weight is 396 g/mol. The van der Waals surface area contributed by atoms with Gasteiger partial charge in [-0.25, -0.2) is 15.0 Å². The molecule has 0 unspecified atom stereocenters. The fourth-order valence-electron chi connectivity index (χ4n) is 4.52. The van der Waals surface area contributed by atoms with Gasteiger partial charge in [-0.1, -0.05) is 13.8 Å². The van der Waals surface area contributed by atoms with Crippen molar-refractivity contribution in [1.82, 2.24) is 20.3 Å². The number of furan rings is 1. The minimum absolute atomic E-state index is 0.214. The van der Waals surface area contributed by atoms with E-state index in [1.807, 2.05) is 0 Å². The molecule has 5 heterocycles. The van der Waals surface area contributed by atoms with E-state index in [9.17, 15) is 0 Å². The lowest BCUT2D eigenvalue weighted by atomic mass is 9.88. The van der Waals surface area contributed by atoms with Gasteiger partial charge in [0.2, 0.25) is 5.71 Å². The number of ether oxygens (including phenoxy) is 1. The Kier molecular flexibility index (Phi) is 4.47. The quantitative estimate of drug-likeness (QED) is 0.729. The van der Waals surface area contributed by atoms with Crippen LogP contribution in [0.1, 0.15) is 44.5 Å². The van der Waals surface area contributed by atoms with E-state index in [1.165, 1.54) is 11.1 Å². The molecule has 3 aromatic rings. The van der Waals surface area contributed by atoms with Crippen molar-refractivity contribution in [3.8, 4) is 0 Å². The number of nitrogens with one attached hydrogen (secondary N) is 1. The molecular weight excluding hydrogens is 366 g/mol. The zero-order valence-electron chi connectivity index (χ0n) is 17.7. The molecular formula is C22H29N5O2. The minimum atomic E-state index is -0.214. The lowest BCUT2D eigenvalue weighted by Crippen LogP contribution is -2.43. The maximum Gasteiger partial charge on any atom is 0.229 e. The predicted molar refractivity (Wildman–Crippen MR) is 113 cm³/mol. The van der Waals surface area contributed by atoms with Crippen LogP contribution in [0.15, 0.2) is 10.7 Å². The van der Waals surface area contributed by atoms with E-state index in [0.717, 1.165) is 67.0 Å². The molecule has 1 N–H and O–H groups in total. The maximum atomic E-state index is 6.35. The Bertz CT molecular complexity index is 1070. The summed E-state index contributed by atoms with van der Waals surface area (Å²) in [6.45, 7) is 13.0. The van der Waals surface area contributed by atoms with Gasteiger partial charge in [0.25, 0.3) is 0 Å². The monoisotopic (exact) mass is 395 g/mol. The number of hydrogen-bond acceptors (Lipinski definition) is 7. The molecule has 2 aliphatic rings. The standard InChI is InChI=1S/C22H29N5O2/c1-13(2)9-16-15-11-28-22(3,4)10-14(15)17-18-19(29-21(17)26-16)20(25-12-24-18)27-7-5-23-6-8-27/h12-13,23H,5-11H2,1-4H3. The summed E-state index contributed by atoms with van der Waals surface area (Å²) in [5.74, 6) is 1.39. The van der Waals surface area contributed by atoms with E-state index in [-0.39, 0.29) is 5.60 Å². The first-order valence-electron chi connectivity index (χ1n) is 10.6. The van der Waals surface area contributed by atoms with Gasteiger partial charge in [0, 0.05) is 38.2 Å². The largest absolute Gasteiger partial charge is 0.432 e. The van der Waals surface area contributed by atoms with Crippen LogP contribution in [0.25, 0.3) is 22.2 Å². The molecule has 1 fully saturated rings. The molecule has 1 saturated heterocycles. The Hall–Kier alpha value is -2.25. The molecule has 0 radical (unpaired) electrons. The number of anilines is 1. The minimum Gasteiger partial charge on any atom is -0.432 e. The van der Waals surface area contributed by atoms with Crippen molar-refractivity contribution < 1.29 is 9.15 Å². The van der Waals surface area contributed by atoms with Crippen molar-refractivity contribution in [3.05, 3.63) is 23.1 Å². The highest BCUT2D eigenvalue weighted by Gasteiger charge is 2.32. The third kappa shape index (κ3) is 3.26. The topological polar surface area (TPSA) is 76.3 Å². The molecule has 5 rings (SSSR count). The summed E-state index contributed by atoms with van der Waals surface area (Å²) in [6, 6.07) is 0. The number of piperazine rings is 1. The van der Waals surface area contributed by atoms with Gasteiger partial charge in [0.05, 0.1) is 23.3 Å². The molecule has 0 aromatic carbocycles. The van der Waals surface area contributed by atoms with Crippen LogP contribution in [-0.4, -0.2) is 46.7 Å². The highest BCUT2D eigenvalue weighted by atomic mass is 16.5. The number of nitrogens with zero attached hydrogens (tertiary/aromatic N) is 4. The van der Waals surface area contributed by atoms with Gasteiger partial charge >= 0.3 is 0 Å². The molecule has 154 valence electrons. The second-order valence-electron chi connectivity index (χ2n) is 9.23. The highest BCUT2D eigenvalue weighted by molar-refractivity contribution is 6.06. The van der Waals surface area contributed by atoms with E-state index in [4.69, 9.17) is 14.1 Å². The lowest BCUT2D eigenvalue weighted by Gasteiger charge is -2.33. The van der Waals surface area contributed by atoms with Crippen molar-refractivity contribution in [2.24, 2.45) is 5.92 Å². The molecule has 0 atom stereocenters. The number of hydrogen-bond donors (Lipinski definition) is 1. The Balaban J connectivity index is 1.76. The third-order valence-electron chi connectivity index (χ3n) is 5.91. The van der Waals surface area contributed by atoms with Crippen LogP contribution < -0.4 is 10.2 Å². The van der Waals surface area contributed by atoms with Gasteiger partial charge < -0.3 is 19.4 Å². The molecule has 0 bridgehead atoms. The lowest BCUT2D eigenvalue weighted by molar-refractivity contribution is -0.0402. The molecule has 29 heavy (non-hydrogen) atoms. The first-order valence-corrected chi connectivity index (χ1v) is 10.6. The van der Waals surface area contributed by atoms with Crippen LogP contribution >= 0.6 is 0 Å². The van der Waals surface area contributed by atoms with E-state index < -0.39 is 0 Å².